The molecule has 0 spiro atoms. The summed E-state index contributed by atoms with van der Waals surface area (Å²) in [4.78, 5) is 44.3. The number of anilines is 4. The second-order valence-corrected chi connectivity index (χ2v) is 9.36. The summed E-state index contributed by atoms with van der Waals surface area (Å²) in [5.41, 5.74) is 0.706. The van der Waals surface area contributed by atoms with Crippen LogP contribution in [0.4, 0.5) is 23.3 Å². The maximum atomic E-state index is 12.6. The van der Waals surface area contributed by atoms with E-state index >= 15 is 0 Å². The number of nitrogens with zero attached hydrogens (tertiary/aromatic N) is 9. The Morgan fingerprint density at radius 2 is 1.82 bits per heavy atom. The Morgan fingerprint density at radius 1 is 1.03 bits per heavy atom. The van der Waals surface area contributed by atoms with E-state index < -0.39 is 5.56 Å². The SMILES string of the molecule is N#CCC(=O)N1CCN(c2ccc(Nc3nc(N4CCC(CC#N)CC4)nc4cn[nH]c(=O)c34)cn2)CC1. The monoisotopic (exact) mass is 513 g/mol. The van der Waals surface area contributed by atoms with Crippen LogP contribution in [0.2, 0.25) is 0 Å². The highest BCUT2D eigenvalue weighted by atomic mass is 16.2. The number of H-pyrrole nitrogens is 1. The van der Waals surface area contributed by atoms with E-state index in [2.05, 4.69) is 41.4 Å². The quantitative estimate of drug-likeness (QED) is 0.490. The largest absolute Gasteiger partial charge is 0.353 e. The van der Waals surface area contributed by atoms with Gasteiger partial charge < -0.3 is 20.0 Å². The topological polar surface area (TPSA) is 171 Å². The number of rotatable bonds is 6. The molecule has 3 aromatic rings. The number of aromatic nitrogens is 5. The molecule has 3 aromatic heterocycles. The van der Waals surface area contributed by atoms with Crippen LogP contribution in [0.3, 0.4) is 0 Å². The van der Waals surface area contributed by atoms with Gasteiger partial charge in [-0.25, -0.2) is 15.1 Å². The summed E-state index contributed by atoms with van der Waals surface area (Å²) in [5, 5.41) is 27.6. The van der Waals surface area contributed by atoms with E-state index in [1.165, 1.54) is 6.20 Å². The first kappa shape index (κ1) is 24.9. The molecule has 2 fully saturated rings. The Bertz CT molecular complexity index is 1440. The summed E-state index contributed by atoms with van der Waals surface area (Å²) in [7, 11) is 0. The number of aromatic amines is 1. The van der Waals surface area contributed by atoms with Gasteiger partial charge >= 0.3 is 0 Å². The molecule has 2 aliphatic heterocycles. The zero-order valence-electron chi connectivity index (χ0n) is 20.8. The van der Waals surface area contributed by atoms with Crippen LogP contribution in [0.25, 0.3) is 10.9 Å². The molecule has 13 nitrogen and oxygen atoms in total. The average Bonchev–Trinajstić information content (AvgIpc) is 2.94. The Kier molecular flexibility index (Phi) is 7.26. The predicted octanol–water partition coefficient (Wildman–Crippen LogP) is 1.54. The molecule has 2 aliphatic rings. The van der Waals surface area contributed by atoms with Gasteiger partial charge in [0.2, 0.25) is 11.9 Å². The van der Waals surface area contributed by atoms with Gasteiger partial charge in [0.05, 0.1) is 30.2 Å². The van der Waals surface area contributed by atoms with E-state index in [0.29, 0.717) is 66.9 Å². The molecule has 13 heteroatoms. The lowest BCUT2D eigenvalue weighted by Crippen LogP contribution is -2.48. The Balaban J connectivity index is 1.32. The van der Waals surface area contributed by atoms with Gasteiger partial charge in [0.1, 0.15) is 29.0 Å². The van der Waals surface area contributed by atoms with Crippen molar-refractivity contribution in [2.24, 2.45) is 5.92 Å². The smallest absolute Gasteiger partial charge is 0.277 e. The molecule has 0 bridgehead atoms. The summed E-state index contributed by atoms with van der Waals surface area (Å²) >= 11 is 0. The van der Waals surface area contributed by atoms with Crippen molar-refractivity contribution >= 4 is 40.1 Å². The number of amides is 1. The third-order valence-corrected chi connectivity index (χ3v) is 6.98. The predicted molar refractivity (Wildman–Crippen MR) is 140 cm³/mol. The molecule has 2 saturated heterocycles. The number of nitriles is 2. The van der Waals surface area contributed by atoms with Crippen LogP contribution < -0.4 is 20.7 Å². The summed E-state index contributed by atoms with van der Waals surface area (Å²) in [6.45, 7) is 3.82. The van der Waals surface area contributed by atoms with Crippen molar-refractivity contribution in [1.82, 2.24) is 30.0 Å². The van der Waals surface area contributed by atoms with E-state index in [1.54, 1.807) is 11.1 Å². The van der Waals surface area contributed by atoms with E-state index in [9.17, 15) is 9.59 Å². The van der Waals surface area contributed by atoms with Gasteiger partial charge in [-0.15, -0.1) is 0 Å². The number of carbonyl (C=O) groups excluding carboxylic acids is 1. The number of nitrogens with one attached hydrogen (secondary N) is 2. The lowest BCUT2D eigenvalue weighted by Gasteiger charge is -2.35. The van der Waals surface area contributed by atoms with Crippen molar-refractivity contribution in [3.05, 3.63) is 34.9 Å². The third-order valence-electron chi connectivity index (χ3n) is 6.98. The van der Waals surface area contributed by atoms with E-state index in [4.69, 9.17) is 15.5 Å². The molecule has 0 aromatic carbocycles. The van der Waals surface area contributed by atoms with Crippen molar-refractivity contribution in [3.8, 4) is 12.1 Å². The minimum Gasteiger partial charge on any atom is -0.353 e. The summed E-state index contributed by atoms with van der Waals surface area (Å²) < 4.78 is 0. The maximum absolute atomic E-state index is 12.6. The summed E-state index contributed by atoms with van der Waals surface area (Å²) in [5.74, 6) is 1.89. The number of carbonyl (C=O) groups is 1. The van der Waals surface area contributed by atoms with Crippen molar-refractivity contribution in [2.45, 2.75) is 25.7 Å². The standard InChI is InChI=1S/C25H27N11O2/c26-7-3-17-5-9-36(10-6-17)25-31-19-16-29-33-24(38)22(19)23(32-25)30-18-1-2-20(28-15-18)34-11-13-35(14-12-34)21(37)4-8-27/h1-2,15-17H,3-6,9-14H2,(H,33,38)(H,30,31,32). The lowest BCUT2D eigenvalue weighted by molar-refractivity contribution is -0.130. The van der Waals surface area contributed by atoms with E-state index in [1.807, 2.05) is 18.2 Å². The highest BCUT2D eigenvalue weighted by Gasteiger charge is 2.24. The first-order valence-corrected chi connectivity index (χ1v) is 12.6. The van der Waals surface area contributed by atoms with Crippen LogP contribution >= 0.6 is 0 Å². The number of pyridine rings is 1. The van der Waals surface area contributed by atoms with Crippen LogP contribution in [-0.2, 0) is 4.79 Å². The number of piperazine rings is 1. The minimum absolute atomic E-state index is 0.101. The number of piperidine rings is 1. The second-order valence-electron chi connectivity index (χ2n) is 9.36. The van der Waals surface area contributed by atoms with Gasteiger partial charge in [-0.1, -0.05) is 0 Å². The van der Waals surface area contributed by atoms with Crippen molar-refractivity contribution < 1.29 is 4.79 Å². The van der Waals surface area contributed by atoms with Gasteiger partial charge in [0.25, 0.3) is 5.56 Å². The second kappa shape index (κ2) is 11.1. The highest BCUT2D eigenvalue weighted by molar-refractivity contribution is 5.90. The van der Waals surface area contributed by atoms with Crippen molar-refractivity contribution in [3.63, 3.8) is 0 Å². The van der Waals surface area contributed by atoms with Crippen LogP contribution in [0.1, 0.15) is 25.7 Å². The maximum Gasteiger partial charge on any atom is 0.277 e. The van der Waals surface area contributed by atoms with Gasteiger partial charge in [-0.05, 0) is 30.9 Å². The normalized spacial score (nSPS) is 16.2. The van der Waals surface area contributed by atoms with E-state index in [0.717, 1.165) is 31.7 Å². The molecule has 2 N–H and O–H groups in total. The van der Waals surface area contributed by atoms with Gasteiger partial charge in [-0.2, -0.15) is 20.6 Å². The number of hydrogen-bond donors (Lipinski definition) is 2. The van der Waals surface area contributed by atoms with Crippen LogP contribution in [0, 0.1) is 28.6 Å². The first-order chi connectivity index (χ1) is 18.6. The fourth-order valence-electron chi connectivity index (χ4n) is 4.84. The number of fused-ring (bicyclic) bond motifs is 1. The molecule has 0 unspecified atom stereocenters. The van der Waals surface area contributed by atoms with Gasteiger partial charge in [0.15, 0.2) is 0 Å². The Morgan fingerprint density at radius 3 is 2.50 bits per heavy atom. The van der Waals surface area contributed by atoms with Crippen LogP contribution in [0.5, 0.6) is 0 Å². The third kappa shape index (κ3) is 5.32. The first-order valence-electron chi connectivity index (χ1n) is 12.6. The molecule has 0 atom stereocenters. The lowest BCUT2D eigenvalue weighted by atomic mass is 9.94. The fourth-order valence-corrected chi connectivity index (χ4v) is 4.84. The molecule has 5 heterocycles. The average molecular weight is 514 g/mol. The highest BCUT2D eigenvalue weighted by Crippen LogP contribution is 2.27. The zero-order valence-corrected chi connectivity index (χ0v) is 20.8. The Hall–Kier alpha value is -4.78. The van der Waals surface area contributed by atoms with Crippen molar-refractivity contribution in [2.75, 3.05) is 54.4 Å². The van der Waals surface area contributed by atoms with E-state index in [-0.39, 0.29) is 12.3 Å². The molecule has 38 heavy (non-hydrogen) atoms. The van der Waals surface area contributed by atoms with Gasteiger partial charge in [0, 0.05) is 45.7 Å². The minimum atomic E-state index is -0.391. The van der Waals surface area contributed by atoms with Crippen LogP contribution in [-0.4, -0.2) is 75.2 Å². The molecular weight excluding hydrogens is 486 g/mol. The molecule has 1 amide bonds. The number of hydrogen-bond acceptors (Lipinski definition) is 11. The fraction of sp³-hybridized carbons (Fsp3) is 0.440. The summed E-state index contributed by atoms with van der Waals surface area (Å²) in [6.07, 6.45) is 5.42. The molecule has 5 rings (SSSR count). The van der Waals surface area contributed by atoms with Crippen molar-refractivity contribution in [1.29, 1.82) is 10.5 Å². The molecule has 0 radical (unpaired) electrons. The molecular formula is C25H27N11O2. The molecule has 194 valence electrons. The molecule has 0 aliphatic carbocycles. The summed E-state index contributed by atoms with van der Waals surface area (Å²) in [6, 6.07) is 7.91. The van der Waals surface area contributed by atoms with Gasteiger partial charge in [-0.3, -0.25) is 9.59 Å². The molecule has 0 saturated carbocycles. The Labute approximate surface area is 218 Å². The van der Waals surface area contributed by atoms with Crippen LogP contribution in [0.15, 0.2) is 29.3 Å². The zero-order chi connectivity index (χ0) is 26.5.